The second-order valence-corrected chi connectivity index (χ2v) is 5.23. The van der Waals surface area contributed by atoms with E-state index in [0.717, 1.165) is 0 Å². The van der Waals surface area contributed by atoms with Gasteiger partial charge in [0.2, 0.25) is 5.89 Å². The molecule has 0 bridgehead atoms. The van der Waals surface area contributed by atoms with Gasteiger partial charge in [0.1, 0.15) is 6.10 Å². The van der Waals surface area contributed by atoms with Crippen molar-refractivity contribution in [3.63, 3.8) is 0 Å². The molecule has 17 heavy (non-hydrogen) atoms. The molecule has 2 atom stereocenters. The van der Waals surface area contributed by atoms with E-state index in [1.54, 1.807) is 0 Å². The molecule has 5 nitrogen and oxygen atoms in total. The third kappa shape index (κ3) is 4.09. The van der Waals surface area contributed by atoms with E-state index in [0.29, 0.717) is 24.7 Å². The van der Waals surface area contributed by atoms with Crippen molar-refractivity contribution in [2.45, 2.75) is 53.2 Å². The van der Waals surface area contributed by atoms with Gasteiger partial charge in [-0.3, -0.25) is 0 Å². The van der Waals surface area contributed by atoms with E-state index in [1.807, 2.05) is 34.6 Å². The van der Waals surface area contributed by atoms with Gasteiger partial charge in [-0.05, 0) is 19.3 Å². The van der Waals surface area contributed by atoms with Crippen molar-refractivity contribution in [2.24, 2.45) is 5.41 Å². The third-order valence-corrected chi connectivity index (χ3v) is 2.63. The quantitative estimate of drug-likeness (QED) is 0.856. The smallest absolute Gasteiger partial charge is 0.229 e. The Morgan fingerprint density at radius 3 is 2.59 bits per heavy atom. The van der Waals surface area contributed by atoms with Crippen LogP contribution in [0.1, 0.15) is 52.4 Å². The van der Waals surface area contributed by atoms with Crippen LogP contribution in [0.4, 0.5) is 0 Å². The van der Waals surface area contributed by atoms with Crippen molar-refractivity contribution in [2.75, 3.05) is 6.61 Å². The molecule has 5 heteroatoms. The fourth-order valence-corrected chi connectivity index (χ4v) is 1.31. The molecule has 98 valence electrons. The molecule has 0 radical (unpaired) electrons. The van der Waals surface area contributed by atoms with E-state index in [9.17, 15) is 5.11 Å². The highest BCUT2D eigenvalue weighted by Crippen LogP contribution is 2.22. The Balaban J connectivity index is 2.63. The summed E-state index contributed by atoms with van der Waals surface area (Å²) in [4.78, 5) is 4.22. The largest absolute Gasteiger partial charge is 0.392 e. The lowest BCUT2D eigenvalue weighted by Crippen LogP contribution is -2.28. The molecule has 0 aliphatic carbocycles. The van der Waals surface area contributed by atoms with Crippen molar-refractivity contribution in [1.82, 2.24) is 10.1 Å². The summed E-state index contributed by atoms with van der Waals surface area (Å²) in [5.74, 6) is 0.983. The third-order valence-electron chi connectivity index (χ3n) is 2.63. The lowest BCUT2D eigenvalue weighted by Gasteiger charge is -2.24. The number of nitrogens with zero attached hydrogens (tertiary/aromatic N) is 2. The Morgan fingerprint density at radius 2 is 2.06 bits per heavy atom. The molecule has 0 aliphatic rings. The van der Waals surface area contributed by atoms with Crippen molar-refractivity contribution in [1.29, 1.82) is 0 Å². The van der Waals surface area contributed by atoms with Crippen LogP contribution in [0, 0.1) is 5.41 Å². The van der Waals surface area contributed by atoms with Crippen molar-refractivity contribution in [3.05, 3.63) is 11.7 Å². The number of aliphatic hydroxyl groups excluding tert-OH is 1. The van der Waals surface area contributed by atoms with E-state index < -0.39 is 6.10 Å². The molecule has 2 unspecified atom stereocenters. The highest BCUT2D eigenvalue weighted by molar-refractivity contribution is 4.92. The molecule has 0 spiro atoms. The van der Waals surface area contributed by atoms with Crippen LogP contribution < -0.4 is 0 Å². The van der Waals surface area contributed by atoms with Crippen LogP contribution >= 0.6 is 0 Å². The Bertz CT molecular complexity index is 344. The number of ether oxygens (including phenoxy) is 1. The number of aliphatic hydroxyl groups is 1. The van der Waals surface area contributed by atoms with Crippen LogP contribution in [0.25, 0.3) is 0 Å². The zero-order valence-electron chi connectivity index (χ0n) is 11.2. The number of aromatic nitrogens is 2. The highest BCUT2D eigenvalue weighted by atomic mass is 16.5. The standard InChI is InChI=1S/C12H22N2O3/c1-6-16-8(2)11-13-10(17-14-11)7-9(15)12(3,4)5/h8-9,15H,6-7H2,1-5H3. The maximum absolute atomic E-state index is 9.93. The van der Waals surface area contributed by atoms with Crippen LogP contribution in [-0.2, 0) is 11.2 Å². The molecule has 1 aromatic heterocycles. The number of hydrogen-bond acceptors (Lipinski definition) is 5. The summed E-state index contributed by atoms with van der Waals surface area (Å²) in [6.45, 7) is 10.3. The lowest BCUT2D eigenvalue weighted by molar-refractivity contribution is 0.0565. The van der Waals surface area contributed by atoms with Crippen molar-refractivity contribution < 1.29 is 14.4 Å². The van der Waals surface area contributed by atoms with Crippen LogP contribution in [0.5, 0.6) is 0 Å². The highest BCUT2D eigenvalue weighted by Gasteiger charge is 2.25. The SMILES string of the molecule is CCOC(C)c1noc(CC(O)C(C)(C)C)n1. The first kappa shape index (κ1) is 14.1. The molecule has 0 aromatic carbocycles. The van der Waals surface area contributed by atoms with Gasteiger partial charge in [0.25, 0.3) is 0 Å². The minimum absolute atomic E-state index is 0.177. The minimum atomic E-state index is -0.502. The Labute approximate surface area is 102 Å². The summed E-state index contributed by atoms with van der Waals surface area (Å²) in [6.07, 6.45) is -0.308. The van der Waals surface area contributed by atoms with E-state index >= 15 is 0 Å². The van der Waals surface area contributed by atoms with Gasteiger partial charge in [0.15, 0.2) is 5.82 Å². The average molecular weight is 242 g/mol. The van der Waals surface area contributed by atoms with Gasteiger partial charge in [-0.1, -0.05) is 25.9 Å². The molecule has 0 saturated heterocycles. The zero-order chi connectivity index (χ0) is 13.1. The predicted molar refractivity (Wildman–Crippen MR) is 63.5 cm³/mol. The van der Waals surface area contributed by atoms with Crippen LogP contribution in [0.2, 0.25) is 0 Å². The first-order chi connectivity index (χ1) is 7.84. The topological polar surface area (TPSA) is 68.4 Å². The molecular weight excluding hydrogens is 220 g/mol. The first-order valence-electron chi connectivity index (χ1n) is 5.96. The monoisotopic (exact) mass is 242 g/mol. The Hall–Kier alpha value is -0.940. The van der Waals surface area contributed by atoms with E-state index in [1.165, 1.54) is 0 Å². The summed E-state index contributed by atoms with van der Waals surface area (Å²) >= 11 is 0. The first-order valence-corrected chi connectivity index (χ1v) is 5.96. The van der Waals surface area contributed by atoms with Gasteiger partial charge in [-0.25, -0.2) is 0 Å². The van der Waals surface area contributed by atoms with Crippen LogP contribution in [-0.4, -0.2) is 28.0 Å². The van der Waals surface area contributed by atoms with Crippen molar-refractivity contribution in [3.8, 4) is 0 Å². The molecule has 1 heterocycles. The summed E-state index contributed by atoms with van der Waals surface area (Å²) in [5, 5.41) is 13.8. The maximum atomic E-state index is 9.93. The summed E-state index contributed by atoms with van der Waals surface area (Å²) in [6, 6.07) is 0. The normalized spacial score (nSPS) is 15.9. The second-order valence-electron chi connectivity index (χ2n) is 5.23. The number of hydrogen-bond donors (Lipinski definition) is 1. The van der Waals surface area contributed by atoms with Crippen molar-refractivity contribution >= 4 is 0 Å². The molecule has 0 aliphatic heterocycles. The molecule has 1 rings (SSSR count). The van der Waals surface area contributed by atoms with E-state index in [-0.39, 0.29) is 11.5 Å². The summed E-state index contributed by atoms with van der Waals surface area (Å²) in [5.41, 5.74) is -0.194. The van der Waals surface area contributed by atoms with Gasteiger partial charge in [-0.2, -0.15) is 4.98 Å². The molecule has 1 N–H and O–H groups in total. The van der Waals surface area contributed by atoms with Gasteiger partial charge >= 0.3 is 0 Å². The summed E-state index contributed by atoms with van der Waals surface area (Å²) in [7, 11) is 0. The van der Waals surface area contributed by atoms with Gasteiger partial charge in [-0.15, -0.1) is 0 Å². The zero-order valence-corrected chi connectivity index (χ0v) is 11.2. The van der Waals surface area contributed by atoms with Gasteiger partial charge in [0, 0.05) is 6.61 Å². The molecular formula is C12H22N2O3. The molecule has 0 amide bonds. The summed E-state index contributed by atoms with van der Waals surface area (Å²) < 4.78 is 10.5. The maximum Gasteiger partial charge on any atom is 0.229 e. The molecule has 1 aromatic rings. The number of rotatable bonds is 5. The second kappa shape index (κ2) is 5.60. The van der Waals surface area contributed by atoms with E-state index in [4.69, 9.17) is 9.26 Å². The van der Waals surface area contributed by atoms with Crippen LogP contribution in [0.3, 0.4) is 0 Å². The van der Waals surface area contributed by atoms with Gasteiger partial charge < -0.3 is 14.4 Å². The lowest BCUT2D eigenvalue weighted by atomic mass is 9.87. The molecule has 0 fully saturated rings. The predicted octanol–water partition coefficient (Wildman–Crippen LogP) is 2.12. The Kier molecular flexibility index (Phi) is 4.65. The fraction of sp³-hybridized carbons (Fsp3) is 0.833. The fourth-order valence-electron chi connectivity index (χ4n) is 1.31. The Morgan fingerprint density at radius 1 is 1.41 bits per heavy atom. The molecule has 0 saturated carbocycles. The van der Waals surface area contributed by atoms with E-state index in [2.05, 4.69) is 10.1 Å². The van der Waals surface area contributed by atoms with Crippen LogP contribution in [0.15, 0.2) is 4.52 Å². The minimum Gasteiger partial charge on any atom is -0.392 e. The van der Waals surface area contributed by atoms with Gasteiger partial charge in [0.05, 0.1) is 12.5 Å². The average Bonchev–Trinajstić information content (AvgIpc) is 2.65.